The molecule has 0 radical (unpaired) electrons. The standard InChI is InChI=1S/C12H21N3S/c1-8-3-4-10(5-9(8)2)12(15-13)11-6-14-7-16-11/h6-10,12,15H,3-5,13H2,1-2H3. The van der Waals surface area contributed by atoms with E-state index < -0.39 is 0 Å². The van der Waals surface area contributed by atoms with Crippen molar-refractivity contribution in [2.45, 2.75) is 39.2 Å². The molecule has 90 valence electrons. The molecule has 0 amide bonds. The molecule has 2 rings (SSSR count). The Morgan fingerprint density at radius 2 is 2.25 bits per heavy atom. The average Bonchev–Trinajstić information content (AvgIpc) is 2.78. The molecule has 1 heterocycles. The zero-order chi connectivity index (χ0) is 11.5. The Labute approximate surface area is 101 Å². The lowest BCUT2D eigenvalue weighted by Crippen LogP contribution is -2.36. The molecule has 16 heavy (non-hydrogen) atoms. The van der Waals surface area contributed by atoms with E-state index in [1.807, 2.05) is 11.7 Å². The molecule has 4 unspecified atom stereocenters. The number of hydrogen-bond acceptors (Lipinski definition) is 4. The Morgan fingerprint density at radius 1 is 1.44 bits per heavy atom. The van der Waals surface area contributed by atoms with Gasteiger partial charge in [-0.2, -0.15) is 0 Å². The van der Waals surface area contributed by atoms with Crippen molar-refractivity contribution >= 4 is 11.3 Å². The van der Waals surface area contributed by atoms with Crippen molar-refractivity contribution < 1.29 is 0 Å². The highest BCUT2D eigenvalue weighted by atomic mass is 32.1. The summed E-state index contributed by atoms with van der Waals surface area (Å²) in [5.74, 6) is 8.03. The largest absolute Gasteiger partial charge is 0.271 e. The van der Waals surface area contributed by atoms with Crippen LogP contribution >= 0.6 is 11.3 Å². The van der Waals surface area contributed by atoms with E-state index >= 15 is 0 Å². The molecule has 1 aromatic heterocycles. The molecule has 1 aliphatic carbocycles. The predicted molar refractivity (Wildman–Crippen MR) is 67.8 cm³/mol. The fraction of sp³-hybridized carbons (Fsp3) is 0.750. The molecule has 1 aliphatic rings. The molecule has 0 bridgehead atoms. The van der Waals surface area contributed by atoms with E-state index in [4.69, 9.17) is 5.84 Å². The minimum atomic E-state index is 0.294. The Morgan fingerprint density at radius 3 is 2.81 bits per heavy atom. The Bertz CT molecular complexity index is 312. The van der Waals surface area contributed by atoms with Crippen molar-refractivity contribution in [3.8, 4) is 0 Å². The van der Waals surface area contributed by atoms with Gasteiger partial charge in [0.25, 0.3) is 0 Å². The Balaban J connectivity index is 2.05. The molecule has 3 nitrogen and oxygen atoms in total. The number of aromatic nitrogens is 1. The van der Waals surface area contributed by atoms with E-state index in [9.17, 15) is 0 Å². The molecular formula is C12H21N3S. The molecule has 0 spiro atoms. The summed E-state index contributed by atoms with van der Waals surface area (Å²) in [7, 11) is 0. The zero-order valence-electron chi connectivity index (χ0n) is 10.0. The third kappa shape index (κ3) is 2.44. The van der Waals surface area contributed by atoms with Crippen LogP contribution in [0, 0.1) is 17.8 Å². The highest BCUT2D eigenvalue weighted by Crippen LogP contribution is 2.40. The fourth-order valence-electron chi connectivity index (χ4n) is 2.72. The maximum atomic E-state index is 5.70. The summed E-state index contributed by atoms with van der Waals surface area (Å²) in [5, 5.41) is 0. The summed E-state index contributed by atoms with van der Waals surface area (Å²) < 4.78 is 0. The van der Waals surface area contributed by atoms with Gasteiger partial charge in [-0.05, 0) is 30.6 Å². The van der Waals surface area contributed by atoms with Crippen molar-refractivity contribution in [3.63, 3.8) is 0 Å². The molecule has 0 aromatic carbocycles. The van der Waals surface area contributed by atoms with E-state index in [0.717, 1.165) is 11.8 Å². The zero-order valence-corrected chi connectivity index (χ0v) is 10.8. The second-order valence-corrected chi connectivity index (χ2v) is 5.99. The highest BCUT2D eigenvalue weighted by Gasteiger charge is 2.31. The highest BCUT2D eigenvalue weighted by molar-refractivity contribution is 7.09. The molecule has 4 atom stereocenters. The summed E-state index contributed by atoms with van der Waals surface area (Å²) in [5.41, 5.74) is 4.86. The van der Waals surface area contributed by atoms with E-state index in [2.05, 4.69) is 24.3 Å². The number of nitrogens with zero attached hydrogens (tertiary/aromatic N) is 1. The fourth-order valence-corrected chi connectivity index (χ4v) is 3.49. The topological polar surface area (TPSA) is 50.9 Å². The van der Waals surface area contributed by atoms with Crippen LogP contribution in [0.1, 0.15) is 44.0 Å². The maximum absolute atomic E-state index is 5.70. The van der Waals surface area contributed by atoms with Gasteiger partial charge in [0.05, 0.1) is 11.6 Å². The summed E-state index contributed by atoms with van der Waals surface area (Å²) in [6, 6.07) is 0.294. The van der Waals surface area contributed by atoms with Crippen molar-refractivity contribution in [3.05, 3.63) is 16.6 Å². The summed E-state index contributed by atoms with van der Waals surface area (Å²) in [4.78, 5) is 5.42. The van der Waals surface area contributed by atoms with Crippen LogP contribution in [-0.4, -0.2) is 4.98 Å². The number of hydrogen-bond donors (Lipinski definition) is 2. The monoisotopic (exact) mass is 239 g/mol. The Hall–Kier alpha value is -0.450. The van der Waals surface area contributed by atoms with Gasteiger partial charge in [-0.15, -0.1) is 11.3 Å². The second-order valence-electron chi connectivity index (χ2n) is 5.08. The van der Waals surface area contributed by atoms with Crippen LogP contribution in [0.15, 0.2) is 11.7 Å². The lowest BCUT2D eigenvalue weighted by molar-refractivity contribution is 0.172. The number of nitrogens with two attached hydrogens (primary N) is 1. The van der Waals surface area contributed by atoms with Crippen molar-refractivity contribution in [2.75, 3.05) is 0 Å². The second kappa shape index (κ2) is 5.25. The van der Waals surface area contributed by atoms with Crippen molar-refractivity contribution in [2.24, 2.45) is 23.6 Å². The van der Waals surface area contributed by atoms with Crippen LogP contribution in [0.3, 0.4) is 0 Å². The first kappa shape index (κ1) is 12.0. The van der Waals surface area contributed by atoms with Gasteiger partial charge in [0.1, 0.15) is 0 Å². The average molecular weight is 239 g/mol. The maximum Gasteiger partial charge on any atom is 0.0794 e. The lowest BCUT2D eigenvalue weighted by atomic mass is 9.73. The van der Waals surface area contributed by atoms with E-state index in [1.54, 1.807) is 11.3 Å². The van der Waals surface area contributed by atoms with Crippen LogP contribution in [-0.2, 0) is 0 Å². The molecule has 0 aliphatic heterocycles. The first-order valence-corrected chi connectivity index (χ1v) is 6.94. The van der Waals surface area contributed by atoms with Gasteiger partial charge in [-0.3, -0.25) is 16.3 Å². The minimum Gasteiger partial charge on any atom is -0.271 e. The number of hydrazine groups is 1. The quantitative estimate of drug-likeness (QED) is 0.630. The van der Waals surface area contributed by atoms with Gasteiger partial charge in [-0.1, -0.05) is 20.3 Å². The summed E-state index contributed by atoms with van der Waals surface area (Å²) >= 11 is 1.70. The molecule has 1 fully saturated rings. The number of thiazole rings is 1. The minimum absolute atomic E-state index is 0.294. The van der Waals surface area contributed by atoms with Crippen molar-refractivity contribution in [1.29, 1.82) is 0 Å². The lowest BCUT2D eigenvalue weighted by Gasteiger charge is -2.36. The van der Waals surface area contributed by atoms with Gasteiger partial charge in [0.15, 0.2) is 0 Å². The normalized spacial score (nSPS) is 32.6. The van der Waals surface area contributed by atoms with E-state index in [0.29, 0.717) is 12.0 Å². The SMILES string of the molecule is CC1CCC(C(NN)c2cncs2)CC1C. The van der Waals surface area contributed by atoms with Crippen molar-refractivity contribution in [1.82, 2.24) is 10.4 Å². The Kier molecular flexibility index (Phi) is 3.95. The third-order valence-corrected chi connectivity index (χ3v) is 4.91. The van der Waals surface area contributed by atoms with Gasteiger partial charge in [0.2, 0.25) is 0 Å². The van der Waals surface area contributed by atoms with Crippen LogP contribution in [0.5, 0.6) is 0 Å². The van der Waals surface area contributed by atoms with Gasteiger partial charge >= 0.3 is 0 Å². The first-order valence-electron chi connectivity index (χ1n) is 6.07. The summed E-state index contributed by atoms with van der Waals surface area (Å²) in [6.45, 7) is 4.72. The molecule has 3 N–H and O–H groups in total. The smallest absolute Gasteiger partial charge is 0.0794 e. The van der Waals surface area contributed by atoms with Crippen LogP contribution in [0.2, 0.25) is 0 Å². The molecular weight excluding hydrogens is 218 g/mol. The predicted octanol–water partition coefficient (Wildman–Crippen LogP) is 2.72. The van der Waals surface area contributed by atoms with E-state index in [1.165, 1.54) is 24.1 Å². The molecule has 0 saturated heterocycles. The van der Waals surface area contributed by atoms with Gasteiger partial charge in [-0.25, -0.2) is 0 Å². The third-order valence-electron chi connectivity index (χ3n) is 4.05. The first-order chi connectivity index (χ1) is 7.72. The number of nitrogens with one attached hydrogen (secondary N) is 1. The van der Waals surface area contributed by atoms with Gasteiger partial charge < -0.3 is 0 Å². The van der Waals surface area contributed by atoms with Crippen LogP contribution in [0.4, 0.5) is 0 Å². The molecule has 4 heteroatoms. The molecule has 1 aromatic rings. The molecule has 1 saturated carbocycles. The van der Waals surface area contributed by atoms with E-state index in [-0.39, 0.29) is 0 Å². The van der Waals surface area contributed by atoms with Gasteiger partial charge in [0, 0.05) is 11.1 Å². The number of rotatable bonds is 3. The van der Waals surface area contributed by atoms with Crippen LogP contribution in [0.25, 0.3) is 0 Å². The van der Waals surface area contributed by atoms with Crippen LogP contribution < -0.4 is 11.3 Å². The summed E-state index contributed by atoms with van der Waals surface area (Å²) in [6.07, 6.45) is 5.81.